The van der Waals surface area contributed by atoms with Crippen LogP contribution in [-0.2, 0) is 6.61 Å². The number of nitrogens with zero attached hydrogens (tertiary/aromatic N) is 2. The molecule has 8 nitrogen and oxygen atoms in total. The number of carbonyl (C=O) groups excluding carboxylic acids is 1. The third-order valence-corrected chi connectivity index (χ3v) is 5.36. The predicted molar refractivity (Wildman–Crippen MR) is 133 cm³/mol. The highest BCUT2D eigenvalue weighted by atomic mass is 35.5. The maximum Gasteiger partial charge on any atom is 0.271 e. The maximum atomic E-state index is 12.8. The molecule has 0 atom stereocenters. The summed E-state index contributed by atoms with van der Waals surface area (Å²) in [6, 6.07) is 21.7. The van der Waals surface area contributed by atoms with Gasteiger partial charge in [0.15, 0.2) is 0 Å². The molecule has 0 spiro atoms. The highest BCUT2D eigenvalue weighted by Crippen LogP contribution is 2.29. The monoisotopic (exact) mass is 491 g/mol. The number of rotatable bonds is 8. The van der Waals surface area contributed by atoms with Gasteiger partial charge in [0.2, 0.25) is 5.88 Å². The van der Waals surface area contributed by atoms with Gasteiger partial charge in [-0.3, -0.25) is 9.59 Å². The molecule has 0 radical (unpaired) electrons. The van der Waals surface area contributed by atoms with Crippen LogP contribution in [0.2, 0.25) is 5.02 Å². The van der Waals surface area contributed by atoms with Crippen molar-refractivity contribution in [1.82, 2.24) is 9.78 Å². The summed E-state index contributed by atoms with van der Waals surface area (Å²) < 4.78 is 17.4. The molecule has 0 aliphatic heterocycles. The summed E-state index contributed by atoms with van der Waals surface area (Å²) in [4.78, 5) is 25.2. The third kappa shape index (κ3) is 5.80. The van der Waals surface area contributed by atoms with Gasteiger partial charge in [-0.2, -0.15) is 4.68 Å². The van der Waals surface area contributed by atoms with Crippen LogP contribution in [0.3, 0.4) is 0 Å². The molecule has 178 valence electrons. The number of aromatic nitrogens is 2. The Kier molecular flexibility index (Phi) is 7.32. The van der Waals surface area contributed by atoms with Gasteiger partial charge in [-0.15, -0.1) is 5.10 Å². The molecule has 0 saturated carbocycles. The standard InChI is InChI=1S/C26H22ClN3O5/c1-33-21-11-12-23(34-2)22(15-21)28-26(32)18-5-9-20(10-6-18)30-25(31)14-13-24(29-30)35-16-17-3-7-19(27)8-4-17/h3-15H,16H2,1-2H3,(H,28,32). The fraction of sp³-hybridized carbons (Fsp3) is 0.115. The summed E-state index contributed by atoms with van der Waals surface area (Å²) in [7, 11) is 3.06. The first-order valence-corrected chi connectivity index (χ1v) is 11.0. The average molecular weight is 492 g/mol. The van der Waals surface area contributed by atoms with E-state index in [2.05, 4.69) is 10.4 Å². The van der Waals surface area contributed by atoms with Crippen LogP contribution >= 0.6 is 11.6 Å². The number of halogens is 1. The van der Waals surface area contributed by atoms with Crippen LogP contribution in [0.25, 0.3) is 5.69 Å². The van der Waals surface area contributed by atoms with Crippen LogP contribution in [0.4, 0.5) is 5.69 Å². The van der Waals surface area contributed by atoms with Crippen LogP contribution in [0, 0.1) is 0 Å². The average Bonchev–Trinajstić information content (AvgIpc) is 2.89. The zero-order valence-corrected chi connectivity index (χ0v) is 19.8. The number of carbonyl (C=O) groups is 1. The van der Waals surface area contributed by atoms with Crippen molar-refractivity contribution >= 4 is 23.2 Å². The molecule has 0 saturated heterocycles. The lowest BCUT2D eigenvalue weighted by molar-refractivity contribution is 0.102. The SMILES string of the molecule is COc1ccc(OC)c(NC(=O)c2ccc(-n3nc(OCc4ccc(Cl)cc4)ccc3=O)cc2)c1. The first kappa shape index (κ1) is 23.8. The summed E-state index contributed by atoms with van der Waals surface area (Å²) >= 11 is 5.90. The Balaban J connectivity index is 1.49. The number of amides is 1. The van der Waals surface area contributed by atoms with Gasteiger partial charge in [-0.05, 0) is 54.1 Å². The van der Waals surface area contributed by atoms with E-state index in [9.17, 15) is 9.59 Å². The molecule has 1 aromatic heterocycles. The number of benzene rings is 3. The molecular weight excluding hydrogens is 470 g/mol. The minimum Gasteiger partial charge on any atom is -0.497 e. The predicted octanol–water partition coefficient (Wildman–Crippen LogP) is 4.73. The van der Waals surface area contributed by atoms with Crippen molar-refractivity contribution in [2.45, 2.75) is 6.61 Å². The van der Waals surface area contributed by atoms with Crippen LogP contribution in [-0.4, -0.2) is 29.9 Å². The third-order valence-electron chi connectivity index (χ3n) is 5.10. The molecule has 3 aromatic carbocycles. The zero-order chi connectivity index (χ0) is 24.8. The first-order valence-electron chi connectivity index (χ1n) is 10.6. The molecule has 0 aliphatic rings. The number of ether oxygens (including phenoxy) is 3. The van der Waals surface area contributed by atoms with E-state index in [1.54, 1.807) is 61.7 Å². The van der Waals surface area contributed by atoms with E-state index in [0.717, 1.165) is 5.56 Å². The molecule has 0 fully saturated rings. The summed E-state index contributed by atoms with van der Waals surface area (Å²) in [6.45, 7) is 0.273. The summed E-state index contributed by atoms with van der Waals surface area (Å²) in [6.07, 6.45) is 0. The van der Waals surface area contributed by atoms with Crippen molar-refractivity contribution in [3.05, 3.63) is 105 Å². The minimum atomic E-state index is -0.344. The van der Waals surface area contributed by atoms with Crippen LogP contribution in [0.15, 0.2) is 83.7 Å². The van der Waals surface area contributed by atoms with Gasteiger partial charge in [-0.1, -0.05) is 23.7 Å². The number of nitrogens with one attached hydrogen (secondary N) is 1. The number of methoxy groups -OCH3 is 2. The lowest BCUT2D eigenvalue weighted by Crippen LogP contribution is -2.20. The van der Waals surface area contributed by atoms with Crippen molar-refractivity contribution in [2.75, 3.05) is 19.5 Å². The van der Waals surface area contributed by atoms with E-state index < -0.39 is 0 Å². The molecule has 35 heavy (non-hydrogen) atoms. The summed E-state index contributed by atoms with van der Waals surface area (Å²) in [5.74, 6) is 1.02. The molecule has 4 rings (SSSR count). The first-order chi connectivity index (χ1) is 17.0. The van der Waals surface area contributed by atoms with Gasteiger partial charge < -0.3 is 19.5 Å². The van der Waals surface area contributed by atoms with E-state index in [1.165, 1.54) is 23.9 Å². The molecule has 0 aliphatic carbocycles. The van der Waals surface area contributed by atoms with Crippen LogP contribution in [0.5, 0.6) is 17.4 Å². The Morgan fingerprint density at radius 1 is 0.943 bits per heavy atom. The Bertz CT molecular complexity index is 1390. The molecule has 0 unspecified atom stereocenters. The fourth-order valence-electron chi connectivity index (χ4n) is 3.25. The molecular formula is C26H22ClN3O5. The summed E-state index contributed by atoms with van der Waals surface area (Å²) in [5, 5.41) is 7.73. The highest BCUT2D eigenvalue weighted by Gasteiger charge is 2.12. The van der Waals surface area contributed by atoms with E-state index >= 15 is 0 Å². The second kappa shape index (κ2) is 10.8. The van der Waals surface area contributed by atoms with Gasteiger partial charge >= 0.3 is 0 Å². The second-order valence-electron chi connectivity index (χ2n) is 7.40. The Labute approximate surface area is 206 Å². The van der Waals surface area contributed by atoms with Gasteiger partial charge in [0.25, 0.3) is 11.5 Å². The quantitative estimate of drug-likeness (QED) is 0.383. The second-order valence-corrected chi connectivity index (χ2v) is 7.84. The molecule has 4 aromatic rings. The molecule has 9 heteroatoms. The van der Waals surface area contributed by atoms with Gasteiger partial charge in [0, 0.05) is 28.8 Å². The molecule has 1 heterocycles. The van der Waals surface area contributed by atoms with Crippen LogP contribution in [0.1, 0.15) is 15.9 Å². The van der Waals surface area contributed by atoms with Gasteiger partial charge in [0.05, 0.1) is 25.6 Å². The highest BCUT2D eigenvalue weighted by molar-refractivity contribution is 6.30. The smallest absolute Gasteiger partial charge is 0.271 e. The van der Waals surface area contributed by atoms with Crippen molar-refractivity contribution in [1.29, 1.82) is 0 Å². The Morgan fingerprint density at radius 2 is 1.69 bits per heavy atom. The maximum absolute atomic E-state index is 12.8. The lowest BCUT2D eigenvalue weighted by Gasteiger charge is -2.12. The van der Waals surface area contributed by atoms with E-state index in [4.69, 9.17) is 25.8 Å². The van der Waals surface area contributed by atoms with Crippen molar-refractivity contribution in [3.8, 4) is 23.1 Å². The summed E-state index contributed by atoms with van der Waals surface area (Å²) in [5.41, 5.74) is 1.94. The number of anilines is 1. The Hall–Kier alpha value is -4.30. The normalized spacial score (nSPS) is 10.5. The number of hydrogen-bond acceptors (Lipinski definition) is 6. The van der Waals surface area contributed by atoms with E-state index in [-0.39, 0.29) is 24.0 Å². The molecule has 1 amide bonds. The van der Waals surface area contributed by atoms with Crippen molar-refractivity contribution in [2.24, 2.45) is 0 Å². The van der Waals surface area contributed by atoms with Gasteiger partial charge in [0.1, 0.15) is 18.1 Å². The van der Waals surface area contributed by atoms with E-state index in [1.807, 2.05) is 12.1 Å². The number of hydrogen-bond donors (Lipinski definition) is 1. The molecule has 1 N–H and O–H groups in total. The van der Waals surface area contributed by atoms with Crippen molar-refractivity contribution < 1.29 is 19.0 Å². The van der Waals surface area contributed by atoms with Crippen LogP contribution < -0.4 is 25.1 Å². The van der Waals surface area contributed by atoms with E-state index in [0.29, 0.717) is 33.5 Å². The van der Waals surface area contributed by atoms with Gasteiger partial charge in [-0.25, -0.2) is 0 Å². The minimum absolute atomic E-state index is 0.273. The lowest BCUT2D eigenvalue weighted by atomic mass is 10.2. The Morgan fingerprint density at radius 3 is 2.37 bits per heavy atom. The van der Waals surface area contributed by atoms with Crippen molar-refractivity contribution in [3.63, 3.8) is 0 Å². The molecule has 0 bridgehead atoms. The topological polar surface area (TPSA) is 91.7 Å². The fourth-order valence-corrected chi connectivity index (χ4v) is 3.38. The largest absolute Gasteiger partial charge is 0.497 e. The zero-order valence-electron chi connectivity index (χ0n) is 19.0.